The molecule has 0 N–H and O–H groups in total. The minimum Gasteiger partial charge on any atom is -0.0683 e. The lowest BCUT2D eigenvalue weighted by Crippen LogP contribution is -1.70. The lowest BCUT2D eigenvalue weighted by Gasteiger charge is -1.92. The molecule has 0 heteroatoms. The van der Waals surface area contributed by atoms with Gasteiger partial charge in [0.2, 0.25) is 0 Å². The fourth-order valence-electron chi connectivity index (χ4n) is 1.32. The Balaban J connectivity index is 0.000000606. The van der Waals surface area contributed by atoms with Gasteiger partial charge in [-0.2, -0.15) is 0 Å². The maximum atomic E-state index is 2.12. The summed E-state index contributed by atoms with van der Waals surface area (Å²) in [5.74, 6) is 0. The molecule has 16 heavy (non-hydrogen) atoms. The quantitative estimate of drug-likeness (QED) is 0.619. The van der Waals surface area contributed by atoms with Crippen LogP contribution in [-0.2, 0) is 0 Å². The third-order valence-corrected chi connectivity index (χ3v) is 2.07. The third-order valence-electron chi connectivity index (χ3n) is 2.07. The second kappa shape index (κ2) is 7.47. The van der Waals surface area contributed by atoms with Crippen LogP contribution in [0.2, 0.25) is 0 Å². The van der Waals surface area contributed by atoms with E-state index in [1.165, 1.54) is 11.1 Å². The van der Waals surface area contributed by atoms with Crippen LogP contribution in [0.1, 0.15) is 25.0 Å². The van der Waals surface area contributed by atoms with Gasteiger partial charge in [0.15, 0.2) is 0 Å². The van der Waals surface area contributed by atoms with Crippen molar-refractivity contribution in [2.75, 3.05) is 0 Å². The monoisotopic (exact) mass is 210 g/mol. The summed E-state index contributed by atoms with van der Waals surface area (Å²) in [6, 6.07) is 20.6. The molecule has 0 aliphatic heterocycles. The fourth-order valence-corrected chi connectivity index (χ4v) is 1.32. The fraction of sp³-hybridized carbons (Fsp3) is 0.125. The van der Waals surface area contributed by atoms with Crippen LogP contribution < -0.4 is 0 Å². The van der Waals surface area contributed by atoms with Gasteiger partial charge in [0.05, 0.1) is 0 Å². The topological polar surface area (TPSA) is 0 Å². The molecule has 0 amide bonds. The summed E-state index contributed by atoms with van der Waals surface area (Å²) < 4.78 is 0. The predicted molar refractivity (Wildman–Crippen MR) is 73.2 cm³/mol. The van der Waals surface area contributed by atoms with Crippen molar-refractivity contribution in [3.05, 3.63) is 71.8 Å². The molecule has 82 valence electrons. The Morgan fingerprint density at radius 2 is 0.875 bits per heavy atom. The molecule has 0 spiro atoms. The summed E-state index contributed by atoms with van der Waals surface area (Å²) in [5.41, 5.74) is 2.47. The molecule has 0 fully saturated rings. The molecule has 0 aliphatic carbocycles. The van der Waals surface area contributed by atoms with Crippen LogP contribution in [-0.4, -0.2) is 0 Å². The Hall–Kier alpha value is -1.82. The zero-order chi connectivity index (χ0) is 11.6. The van der Waals surface area contributed by atoms with Crippen LogP contribution in [0.15, 0.2) is 60.7 Å². The summed E-state index contributed by atoms with van der Waals surface area (Å²) in [6.07, 6.45) is 4.24. The highest BCUT2D eigenvalue weighted by atomic mass is 13.9. The molecule has 0 saturated carbocycles. The van der Waals surface area contributed by atoms with Crippen molar-refractivity contribution in [2.45, 2.75) is 13.8 Å². The first-order chi connectivity index (χ1) is 7.95. The van der Waals surface area contributed by atoms with E-state index in [-0.39, 0.29) is 0 Å². The first kappa shape index (κ1) is 12.3. The van der Waals surface area contributed by atoms with Gasteiger partial charge in [0, 0.05) is 0 Å². The van der Waals surface area contributed by atoms with Gasteiger partial charge in [0.25, 0.3) is 0 Å². The second-order valence-corrected chi connectivity index (χ2v) is 3.15. The van der Waals surface area contributed by atoms with Gasteiger partial charge in [-0.15, -0.1) is 0 Å². The maximum Gasteiger partial charge on any atom is -0.0256 e. The molecule has 0 heterocycles. The van der Waals surface area contributed by atoms with Crippen LogP contribution >= 0.6 is 0 Å². The van der Waals surface area contributed by atoms with E-state index < -0.39 is 0 Å². The van der Waals surface area contributed by atoms with Crippen molar-refractivity contribution in [2.24, 2.45) is 0 Å². The van der Waals surface area contributed by atoms with Crippen LogP contribution in [0, 0.1) is 0 Å². The van der Waals surface area contributed by atoms with Gasteiger partial charge in [-0.3, -0.25) is 0 Å². The summed E-state index contributed by atoms with van der Waals surface area (Å²) >= 11 is 0. The summed E-state index contributed by atoms with van der Waals surface area (Å²) in [6.45, 7) is 4.00. The van der Waals surface area contributed by atoms with Crippen molar-refractivity contribution < 1.29 is 0 Å². The van der Waals surface area contributed by atoms with E-state index in [1.807, 2.05) is 50.2 Å². The maximum absolute atomic E-state index is 2.12. The summed E-state index contributed by atoms with van der Waals surface area (Å²) in [7, 11) is 0. The first-order valence-electron chi connectivity index (χ1n) is 5.73. The summed E-state index contributed by atoms with van der Waals surface area (Å²) in [4.78, 5) is 0. The van der Waals surface area contributed by atoms with E-state index in [2.05, 4.69) is 36.4 Å². The standard InChI is InChI=1S/C14H12.C2H6/c1-3-7-13(8-4-1)11-12-14-9-5-2-6-10-14;1-2/h1-12H;1-2H3/b12-11+;. The molecular weight excluding hydrogens is 192 g/mol. The molecule has 0 atom stereocenters. The Bertz CT molecular complexity index is 357. The predicted octanol–water partition coefficient (Wildman–Crippen LogP) is 4.88. The van der Waals surface area contributed by atoms with Crippen LogP contribution in [0.3, 0.4) is 0 Å². The molecule has 0 radical (unpaired) electrons. The van der Waals surface area contributed by atoms with Gasteiger partial charge in [-0.05, 0) is 11.1 Å². The average molecular weight is 210 g/mol. The Kier molecular flexibility index (Phi) is 5.72. The van der Waals surface area contributed by atoms with E-state index >= 15 is 0 Å². The molecule has 0 unspecified atom stereocenters. The Morgan fingerprint density at radius 3 is 1.19 bits per heavy atom. The van der Waals surface area contributed by atoms with E-state index in [9.17, 15) is 0 Å². The molecule has 0 aliphatic rings. The van der Waals surface area contributed by atoms with E-state index in [4.69, 9.17) is 0 Å². The third kappa shape index (κ3) is 4.14. The van der Waals surface area contributed by atoms with Crippen molar-refractivity contribution in [3.63, 3.8) is 0 Å². The number of benzene rings is 2. The van der Waals surface area contributed by atoms with Gasteiger partial charge < -0.3 is 0 Å². The summed E-state index contributed by atoms with van der Waals surface area (Å²) in [5, 5.41) is 0. The molecular formula is C16H18. The zero-order valence-corrected chi connectivity index (χ0v) is 9.93. The first-order valence-corrected chi connectivity index (χ1v) is 5.73. The number of hydrogen-bond acceptors (Lipinski definition) is 0. The highest BCUT2D eigenvalue weighted by molar-refractivity contribution is 5.69. The largest absolute Gasteiger partial charge is 0.0683 e. The Labute approximate surface area is 98.3 Å². The lowest BCUT2D eigenvalue weighted by atomic mass is 10.1. The average Bonchev–Trinajstić information content (AvgIpc) is 2.41. The number of hydrogen-bond donors (Lipinski definition) is 0. The van der Waals surface area contributed by atoms with Crippen LogP contribution in [0.5, 0.6) is 0 Å². The molecule has 2 rings (SSSR count). The number of rotatable bonds is 2. The molecule has 0 bridgehead atoms. The van der Waals surface area contributed by atoms with E-state index in [1.54, 1.807) is 0 Å². The molecule has 2 aromatic carbocycles. The van der Waals surface area contributed by atoms with E-state index in [0.717, 1.165) is 0 Å². The second-order valence-electron chi connectivity index (χ2n) is 3.15. The van der Waals surface area contributed by atoms with Gasteiger partial charge in [-0.1, -0.05) is 86.7 Å². The molecule has 0 saturated heterocycles. The van der Waals surface area contributed by atoms with Crippen molar-refractivity contribution in [1.29, 1.82) is 0 Å². The Morgan fingerprint density at radius 1 is 0.562 bits per heavy atom. The molecule has 2 aromatic rings. The normalized spacial score (nSPS) is 9.62. The van der Waals surface area contributed by atoms with E-state index in [0.29, 0.717) is 0 Å². The van der Waals surface area contributed by atoms with Crippen molar-refractivity contribution >= 4 is 12.2 Å². The smallest absolute Gasteiger partial charge is 0.0256 e. The van der Waals surface area contributed by atoms with Crippen molar-refractivity contribution in [1.82, 2.24) is 0 Å². The minimum atomic E-state index is 1.23. The highest BCUT2D eigenvalue weighted by Crippen LogP contribution is 2.06. The SMILES string of the molecule is C(=C\c1ccccc1)/c1ccccc1.CC. The lowest BCUT2D eigenvalue weighted by molar-refractivity contribution is 1.50. The van der Waals surface area contributed by atoms with Crippen LogP contribution in [0.25, 0.3) is 12.2 Å². The highest BCUT2D eigenvalue weighted by Gasteiger charge is 1.84. The van der Waals surface area contributed by atoms with Gasteiger partial charge in [-0.25, -0.2) is 0 Å². The van der Waals surface area contributed by atoms with Gasteiger partial charge in [0.1, 0.15) is 0 Å². The van der Waals surface area contributed by atoms with Crippen molar-refractivity contribution in [3.8, 4) is 0 Å². The molecule has 0 aromatic heterocycles. The van der Waals surface area contributed by atoms with Crippen LogP contribution in [0.4, 0.5) is 0 Å². The zero-order valence-electron chi connectivity index (χ0n) is 9.93. The minimum absolute atomic E-state index is 1.23. The van der Waals surface area contributed by atoms with Gasteiger partial charge >= 0.3 is 0 Å². The molecule has 0 nitrogen and oxygen atoms in total.